The lowest BCUT2D eigenvalue weighted by molar-refractivity contribution is -0.138. The molecule has 0 bridgehead atoms. The summed E-state index contributed by atoms with van der Waals surface area (Å²) < 4.78 is 54.3. The van der Waals surface area contributed by atoms with Gasteiger partial charge in [-0.2, -0.15) is 13.2 Å². The van der Waals surface area contributed by atoms with Crippen molar-refractivity contribution in [1.82, 2.24) is 10.2 Å². The molecular formula is C4H3F3N2O2S2. The number of rotatable bonds is 2. The van der Waals surface area contributed by atoms with Gasteiger partial charge in [-0.3, -0.25) is 0 Å². The minimum absolute atomic E-state index is 0.104. The normalized spacial score (nSPS) is 14.5. The topological polar surface area (TPSA) is 63.1 Å². The molecule has 1 heterocycles. The highest BCUT2D eigenvalue weighted by molar-refractivity contribution is 7.78. The Morgan fingerprint density at radius 3 is 2.46 bits per heavy atom. The zero-order valence-electron chi connectivity index (χ0n) is 5.91. The lowest BCUT2D eigenvalue weighted by Gasteiger charge is -1.97. The maximum absolute atomic E-state index is 11.9. The first-order valence-corrected chi connectivity index (χ1v) is 4.96. The van der Waals surface area contributed by atoms with Gasteiger partial charge in [0, 0.05) is 0 Å². The average molecular weight is 232 g/mol. The Kier molecular flexibility index (Phi) is 2.98. The van der Waals surface area contributed by atoms with Gasteiger partial charge >= 0.3 is 6.18 Å². The zero-order valence-corrected chi connectivity index (χ0v) is 7.54. The van der Waals surface area contributed by atoms with Gasteiger partial charge in [-0.15, -0.1) is 10.2 Å². The molecule has 9 heteroatoms. The third-order valence-electron chi connectivity index (χ3n) is 0.956. The van der Waals surface area contributed by atoms with Crippen LogP contribution in [0.5, 0.6) is 0 Å². The first-order chi connectivity index (χ1) is 5.89. The summed E-state index contributed by atoms with van der Waals surface area (Å²) in [5.41, 5.74) is 0. The van der Waals surface area contributed by atoms with E-state index in [1.807, 2.05) is 0 Å². The Hall–Kier alpha value is -0.540. The second-order valence-corrected chi connectivity index (χ2v) is 3.96. The first kappa shape index (κ1) is 10.5. The quantitative estimate of drug-likeness (QED) is 0.780. The highest BCUT2D eigenvalue weighted by Gasteiger charge is 2.35. The monoisotopic (exact) mass is 232 g/mol. The Bertz CT molecular complexity index is 323. The van der Waals surface area contributed by atoms with E-state index >= 15 is 0 Å². The maximum Gasteiger partial charge on any atom is 0.445 e. The van der Waals surface area contributed by atoms with Crippen molar-refractivity contribution in [2.45, 2.75) is 11.9 Å². The minimum atomic E-state index is -4.53. The van der Waals surface area contributed by atoms with E-state index in [9.17, 15) is 17.4 Å². The second-order valence-electron chi connectivity index (χ2n) is 1.96. The van der Waals surface area contributed by atoms with Crippen LogP contribution in [0.2, 0.25) is 0 Å². The van der Waals surface area contributed by atoms with Gasteiger partial charge in [-0.05, 0) is 0 Å². The van der Waals surface area contributed by atoms with E-state index in [1.54, 1.807) is 0 Å². The first-order valence-electron chi connectivity index (χ1n) is 2.86. The summed E-state index contributed by atoms with van der Waals surface area (Å²) in [6.45, 7) is 0. The number of halogens is 3. The van der Waals surface area contributed by atoms with E-state index in [0.717, 1.165) is 0 Å². The minimum Gasteiger partial charge on any atom is -0.306 e. The fraction of sp³-hybridized carbons (Fsp3) is 0.500. The van der Waals surface area contributed by atoms with Crippen LogP contribution in [0, 0.1) is 0 Å². The fourth-order valence-corrected chi connectivity index (χ4v) is 1.84. The molecule has 1 unspecified atom stereocenters. The molecule has 0 radical (unpaired) electrons. The van der Waals surface area contributed by atoms with Gasteiger partial charge in [0.25, 0.3) is 0 Å². The van der Waals surface area contributed by atoms with Crippen molar-refractivity contribution >= 4 is 22.4 Å². The maximum atomic E-state index is 11.9. The zero-order chi connectivity index (χ0) is 10.1. The summed E-state index contributed by atoms with van der Waals surface area (Å²) in [4.78, 5) is 0. The molecule has 0 fully saturated rings. The van der Waals surface area contributed by atoms with E-state index < -0.39 is 28.0 Å². The summed E-state index contributed by atoms with van der Waals surface area (Å²) in [5, 5.41) is 4.75. The molecule has 0 spiro atoms. The molecule has 1 atom stereocenters. The molecular weight excluding hydrogens is 229 g/mol. The van der Waals surface area contributed by atoms with Crippen LogP contribution in [-0.2, 0) is 23.0 Å². The summed E-state index contributed by atoms with van der Waals surface area (Å²) in [5.74, 6) is -0.423. The van der Waals surface area contributed by atoms with Crippen LogP contribution in [0.3, 0.4) is 0 Å². The van der Waals surface area contributed by atoms with Gasteiger partial charge < -0.3 is 4.55 Å². The molecule has 0 aliphatic carbocycles. The second kappa shape index (κ2) is 3.68. The van der Waals surface area contributed by atoms with E-state index in [2.05, 4.69) is 10.2 Å². The standard InChI is InChI=1S/C4H3F3N2O2S2/c5-4(6,7)3-9-8-2(12-3)1-13(10)11/h1H2,(H,10,11). The van der Waals surface area contributed by atoms with Gasteiger partial charge in [0.2, 0.25) is 5.01 Å². The molecule has 1 N–H and O–H groups in total. The molecule has 0 aliphatic rings. The van der Waals surface area contributed by atoms with Crippen molar-refractivity contribution in [3.8, 4) is 0 Å². The van der Waals surface area contributed by atoms with Crippen LogP contribution >= 0.6 is 11.3 Å². The van der Waals surface area contributed by atoms with E-state index in [0.29, 0.717) is 0 Å². The Morgan fingerprint density at radius 1 is 1.46 bits per heavy atom. The SMILES string of the molecule is O=S(O)Cc1nnc(C(F)(F)F)s1. The Balaban J connectivity index is 2.81. The average Bonchev–Trinajstić information content (AvgIpc) is 2.32. The van der Waals surface area contributed by atoms with Crippen LogP contribution in [0.4, 0.5) is 13.2 Å². The number of aromatic nitrogens is 2. The molecule has 0 amide bonds. The summed E-state index contributed by atoms with van der Waals surface area (Å²) in [6, 6.07) is 0. The highest BCUT2D eigenvalue weighted by Crippen LogP contribution is 2.31. The Morgan fingerprint density at radius 2 is 2.08 bits per heavy atom. The molecule has 0 saturated heterocycles. The fourth-order valence-electron chi connectivity index (χ4n) is 0.532. The van der Waals surface area contributed by atoms with Gasteiger partial charge in [0.05, 0.1) is 0 Å². The van der Waals surface area contributed by atoms with E-state index in [4.69, 9.17) is 4.55 Å². The van der Waals surface area contributed by atoms with Crippen molar-refractivity contribution in [2.75, 3.05) is 0 Å². The van der Waals surface area contributed by atoms with E-state index in [-0.39, 0.29) is 16.3 Å². The highest BCUT2D eigenvalue weighted by atomic mass is 32.2. The van der Waals surface area contributed by atoms with Crippen molar-refractivity contribution in [2.24, 2.45) is 0 Å². The molecule has 13 heavy (non-hydrogen) atoms. The summed E-state index contributed by atoms with van der Waals surface area (Å²) in [7, 11) is 0. The number of nitrogens with zero attached hydrogens (tertiary/aromatic N) is 2. The van der Waals surface area contributed by atoms with Crippen LogP contribution in [0.15, 0.2) is 0 Å². The largest absolute Gasteiger partial charge is 0.445 e. The number of hydrogen-bond acceptors (Lipinski definition) is 4. The number of hydrogen-bond donors (Lipinski definition) is 1. The van der Waals surface area contributed by atoms with Gasteiger partial charge in [-0.25, -0.2) is 4.21 Å². The lowest BCUT2D eigenvalue weighted by Crippen LogP contribution is -2.03. The van der Waals surface area contributed by atoms with Crippen molar-refractivity contribution in [1.29, 1.82) is 0 Å². The lowest BCUT2D eigenvalue weighted by atomic mass is 10.7. The van der Waals surface area contributed by atoms with E-state index in [1.165, 1.54) is 0 Å². The third-order valence-corrected chi connectivity index (χ3v) is 2.63. The molecule has 0 aliphatic heterocycles. The van der Waals surface area contributed by atoms with Gasteiger partial charge in [-0.1, -0.05) is 11.3 Å². The number of alkyl halides is 3. The van der Waals surface area contributed by atoms with Crippen LogP contribution in [0.1, 0.15) is 10.0 Å². The van der Waals surface area contributed by atoms with Gasteiger partial charge in [0.1, 0.15) is 10.8 Å². The van der Waals surface area contributed by atoms with Crippen LogP contribution < -0.4 is 0 Å². The van der Waals surface area contributed by atoms with Crippen molar-refractivity contribution in [3.05, 3.63) is 10.0 Å². The third kappa shape index (κ3) is 3.01. The summed E-state index contributed by atoms with van der Waals surface area (Å²) in [6.07, 6.45) is -4.53. The summed E-state index contributed by atoms with van der Waals surface area (Å²) >= 11 is -1.92. The predicted octanol–water partition coefficient (Wildman–Crippen LogP) is 1.28. The molecule has 1 aromatic heterocycles. The molecule has 1 rings (SSSR count). The van der Waals surface area contributed by atoms with Crippen molar-refractivity contribution in [3.63, 3.8) is 0 Å². The predicted molar refractivity (Wildman–Crippen MR) is 39.4 cm³/mol. The van der Waals surface area contributed by atoms with Crippen LogP contribution in [0.25, 0.3) is 0 Å². The van der Waals surface area contributed by atoms with Crippen LogP contribution in [-0.4, -0.2) is 19.0 Å². The van der Waals surface area contributed by atoms with Crippen molar-refractivity contribution < 1.29 is 21.9 Å². The molecule has 0 saturated carbocycles. The molecule has 74 valence electrons. The molecule has 4 nitrogen and oxygen atoms in total. The molecule has 0 aromatic carbocycles. The molecule has 1 aromatic rings. The van der Waals surface area contributed by atoms with Gasteiger partial charge in [0.15, 0.2) is 11.1 Å². The smallest absolute Gasteiger partial charge is 0.306 e. The Labute approximate surface area is 77.1 Å².